The van der Waals surface area contributed by atoms with Crippen LogP contribution >= 0.6 is 11.3 Å². The zero-order chi connectivity index (χ0) is 15.8. The van der Waals surface area contributed by atoms with E-state index in [0.29, 0.717) is 18.5 Å². The zero-order valence-corrected chi connectivity index (χ0v) is 14.6. The van der Waals surface area contributed by atoms with Gasteiger partial charge in [-0.15, -0.1) is 11.3 Å². The second kappa shape index (κ2) is 9.16. The summed E-state index contributed by atoms with van der Waals surface area (Å²) in [5, 5.41) is 8.12. The molecule has 1 aromatic rings. The van der Waals surface area contributed by atoms with Gasteiger partial charge in [-0.25, -0.2) is 4.79 Å². The van der Waals surface area contributed by atoms with E-state index in [2.05, 4.69) is 46.9 Å². The molecule has 0 radical (unpaired) electrons. The maximum absolute atomic E-state index is 11.9. The molecule has 1 aromatic heterocycles. The van der Waals surface area contributed by atoms with Crippen molar-refractivity contribution in [2.45, 2.75) is 45.6 Å². The Morgan fingerprint density at radius 2 is 1.86 bits per heavy atom. The molecule has 1 atom stereocenters. The smallest absolute Gasteiger partial charge is 0.314 e. The highest BCUT2D eigenvalue weighted by molar-refractivity contribution is 7.10. The summed E-state index contributed by atoms with van der Waals surface area (Å²) in [5.41, 5.74) is 0. The van der Waals surface area contributed by atoms with Crippen LogP contribution in [-0.4, -0.2) is 37.1 Å². The van der Waals surface area contributed by atoms with Crippen molar-refractivity contribution in [1.82, 2.24) is 15.5 Å². The van der Waals surface area contributed by atoms with E-state index in [4.69, 9.17) is 0 Å². The third-order valence-electron chi connectivity index (χ3n) is 4.08. The third kappa shape index (κ3) is 5.61. The average molecular weight is 324 g/mol. The molecule has 0 aromatic carbocycles. The molecule has 1 unspecified atom stereocenters. The van der Waals surface area contributed by atoms with E-state index in [9.17, 15) is 4.79 Å². The van der Waals surface area contributed by atoms with Crippen molar-refractivity contribution in [1.29, 1.82) is 0 Å². The van der Waals surface area contributed by atoms with Crippen molar-refractivity contribution in [2.75, 3.05) is 26.2 Å². The van der Waals surface area contributed by atoms with E-state index >= 15 is 0 Å². The van der Waals surface area contributed by atoms with Crippen LogP contribution in [0.1, 0.15) is 50.4 Å². The number of rotatable bonds is 6. The molecule has 1 saturated heterocycles. The number of urea groups is 1. The second-order valence-electron chi connectivity index (χ2n) is 6.47. The largest absolute Gasteiger partial charge is 0.338 e. The number of thiophene rings is 1. The Balaban J connectivity index is 1.92. The monoisotopic (exact) mass is 323 g/mol. The van der Waals surface area contributed by atoms with Gasteiger partial charge >= 0.3 is 6.03 Å². The Labute approximate surface area is 138 Å². The topological polar surface area (TPSA) is 44.4 Å². The number of nitrogens with one attached hydrogen (secondary N) is 2. The van der Waals surface area contributed by atoms with Crippen LogP contribution in [0.5, 0.6) is 0 Å². The highest BCUT2D eigenvalue weighted by atomic mass is 32.1. The number of carbonyl (C=O) groups excluding carboxylic acids is 1. The summed E-state index contributed by atoms with van der Waals surface area (Å²) in [5.74, 6) is 0.476. The lowest BCUT2D eigenvalue weighted by molar-refractivity contribution is 0.198. The molecule has 2 amide bonds. The first-order valence-corrected chi connectivity index (χ1v) is 9.34. The molecule has 0 bridgehead atoms. The van der Waals surface area contributed by atoms with E-state index in [0.717, 1.165) is 19.6 Å². The predicted molar refractivity (Wildman–Crippen MR) is 93.3 cm³/mol. The van der Waals surface area contributed by atoms with Crippen LogP contribution in [-0.2, 0) is 0 Å². The molecule has 2 heterocycles. The van der Waals surface area contributed by atoms with Gasteiger partial charge in [0.1, 0.15) is 0 Å². The molecule has 5 heteroatoms. The van der Waals surface area contributed by atoms with Gasteiger partial charge in [-0.05, 0) is 43.3 Å². The normalized spacial score (nSPS) is 18.0. The summed E-state index contributed by atoms with van der Waals surface area (Å²) in [6, 6.07) is 4.55. The van der Waals surface area contributed by atoms with Crippen LogP contribution < -0.4 is 10.6 Å². The van der Waals surface area contributed by atoms with Crippen molar-refractivity contribution in [3.63, 3.8) is 0 Å². The lowest BCUT2D eigenvalue weighted by Crippen LogP contribution is -2.43. The van der Waals surface area contributed by atoms with Gasteiger partial charge in [-0.1, -0.05) is 32.8 Å². The fourth-order valence-electron chi connectivity index (χ4n) is 2.85. The SMILES string of the molecule is CC(C)CNC(=O)NCC(c1cccs1)N1CCCCCC1. The highest BCUT2D eigenvalue weighted by Crippen LogP contribution is 2.27. The van der Waals surface area contributed by atoms with Crippen molar-refractivity contribution in [3.05, 3.63) is 22.4 Å². The van der Waals surface area contributed by atoms with Crippen molar-refractivity contribution >= 4 is 17.4 Å². The standard InChI is InChI=1S/C17H29N3OS/c1-14(2)12-18-17(21)19-13-15(16-8-7-11-22-16)20-9-5-3-4-6-10-20/h7-8,11,14-15H,3-6,9-10,12-13H2,1-2H3,(H2,18,19,21). The highest BCUT2D eigenvalue weighted by Gasteiger charge is 2.22. The van der Waals surface area contributed by atoms with E-state index in [-0.39, 0.29) is 6.03 Å². The Hall–Kier alpha value is -1.07. The Morgan fingerprint density at radius 3 is 2.45 bits per heavy atom. The van der Waals surface area contributed by atoms with Gasteiger partial charge in [-0.3, -0.25) is 4.90 Å². The summed E-state index contributed by atoms with van der Waals surface area (Å²) in [6.45, 7) is 7.89. The number of likely N-dealkylation sites (tertiary alicyclic amines) is 1. The molecular weight excluding hydrogens is 294 g/mol. The van der Waals surface area contributed by atoms with E-state index < -0.39 is 0 Å². The van der Waals surface area contributed by atoms with Gasteiger partial charge in [0.2, 0.25) is 0 Å². The number of hydrogen-bond donors (Lipinski definition) is 2. The number of nitrogens with zero attached hydrogens (tertiary/aromatic N) is 1. The van der Waals surface area contributed by atoms with Crippen molar-refractivity contribution < 1.29 is 4.79 Å². The van der Waals surface area contributed by atoms with Crippen LogP contribution in [0.15, 0.2) is 17.5 Å². The van der Waals surface area contributed by atoms with Crippen molar-refractivity contribution in [2.24, 2.45) is 5.92 Å². The molecule has 2 rings (SSSR count). The average Bonchev–Trinajstić information content (AvgIpc) is 2.88. The lowest BCUT2D eigenvalue weighted by atomic mass is 10.2. The third-order valence-corrected chi connectivity index (χ3v) is 5.05. The molecule has 0 aliphatic carbocycles. The summed E-state index contributed by atoms with van der Waals surface area (Å²) in [6.07, 6.45) is 5.19. The zero-order valence-electron chi connectivity index (χ0n) is 13.8. The molecule has 22 heavy (non-hydrogen) atoms. The van der Waals surface area contributed by atoms with E-state index in [1.807, 2.05) is 0 Å². The predicted octanol–water partition coefficient (Wildman–Crippen LogP) is 3.62. The molecular formula is C17H29N3OS. The van der Waals surface area contributed by atoms with Crippen LogP contribution in [0.3, 0.4) is 0 Å². The molecule has 1 fully saturated rings. The molecule has 4 nitrogen and oxygen atoms in total. The number of carbonyl (C=O) groups is 1. The molecule has 2 N–H and O–H groups in total. The first-order valence-electron chi connectivity index (χ1n) is 8.46. The van der Waals surface area contributed by atoms with Gasteiger partial charge in [0.05, 0.1) is 6.04 Å². The van der Waals surface area contributed by atoms with Crippen LogP contribution in [0, 0.1) is 5.92 Å². The minimum Gasteiger partial charge on any atom is -0.338 e. The maximum Gasteiger partial charge on any atom is 0.314 e. The summed E-state index contributed by atoms with van der Waals surface area (Å²) in [4.78, 5) is 15.8. The Morgan fingerprint density at radius 1 is 1.18 bits per heavy atom. The minimum absolute atomic E-state index is 0.0509. The Kier molecular flexibility index (Phi) is 7.19. The number of hydrogen-bond acceptors (Lipinski definition) is 3. The number of amides is 2. The van der Waals surface area contributed by atoms with Gasteiger partial charge in [-0.2, -0.15) is 0 Å². The first-order chi connectivity index (χ1) is 10.7. The van der Waals surface area contributed by atoms with Crippen LogP contribution in [0.25, 0.3) is 0 Å². The van der Waals surface area contributed by atoms with Gasteiger partial charge in [0.15, 0.2) is 0 Å². The fourth-order valence-corrected chi connectivity index (χ4v) is 3.71. The molecule has 0 spiro atoms. The molecule has 1 aliphatic rings. The van der Waals surface area contributed by atoms with Crippen molar-refractivity contribution in [3.8, 4) is 0 Å². The first kappa shape index (κ1) is 17.3. The van der Waals surface area contributed by atoms with E-state index in [1.54, 1.807) is 11.3 Å². The van der Waals surface area contributed by atoms with Crippen LogP contribution in [0.4, 0.5) is 4.79 Å². The van der Waals surface area contributed by atoms with Gasteiger partial charge in [0, 0.05) is 18.0 Å². The quantitative estimate of drug-likeness (QED) is 0.840. The minimum atomic E-state index is -0.0509. The van der Waals surface area contributed by atoms with Crippen LogP contribution in [0.2, 0.25) is 0 Å². The Bertz CT molecular complexity index is 425. The molecule has 0 saturated carbocycles. The molecule has 1 aliphatic heterocycles. The van der Waals surface area contributed by atoms with Gasteiger partial charge in [0.25, 0.3) is 0 Å². The lowest BCUT2D eigenvalue weighted by Gasteiger charge is -2.30. The molecule has 124 valence electrons. The van der Waals surface area contributed by atoms with E-state index in [1.165, 1.54) is 30.6 Å². The maximum atomic E-state index is 11.9. The fraction of sp³-hybridized carbons (Fsp3) is 0.706. The summed E-state index contributed by atoms with van der Waals surface area (Å²) >= 11 is 1.79. The summed E-state index contributed by atoms with van der Waals surface area (Å²) in [7, 11) is 0. The summed E-state index contributed by atoms with van der Waals surface area (Å²) < 4.78 is 0. The second-order valence-corrected chi connectivity index (χ2v) is 7.45. The van der Waals surface area contributed by atoms with Gasteiger partial charge < -0.3 is 10.6 Å².